The molecule has 0 aliphatic rings. The maximum absolute atomic E-state index is 6.03. The van der Waals surface area contributed by atoms with Crippen molar-refractivity contribution >= 4 is 17.1 Å². The van der Waals surface area contributed by atoms with Crippen molar-refractivity contribution in [3.8, 4) is 5.88 Å². The van der Waals surface area contributed by atoms with Crippen molar-refractivity contribution in [1.82, 2.24) is 14.5 Å². The summed E-state index contributed by atoms with van der Waals surface area (Å²) in [6.07, 6.45) is 0. The predicted molar refractivity (Wildman–Crippen MR) is 74.2 cm³/mol. The van der Waals surface area contributed by atoms with Gasteiger partial charge in [0, 0.05) is 13.2 Å². The second-order valence-corrected chi connectivity index (χ2v) is 4.80. The number of imidazole rings is 1. The molecule has 0 aromatic carbocycles. The molecule has 104 valence electrons. The minimum absolute atomic E-state index is 0.0922. The van der Waals surface area contributed by atoms with E-state index in [9.17, 15) is 0 Å². The van der Waals surface area contributed by atoms with E-state index in [4.69, 9.17) is 15.2 Å². The Balaban J connectivity index is 2.59. The summed E-state index contributed by atoms with van der Waals surface area (Å²) >= 11 is 0. The zero-order chi connectivity index (χ0) is 14.0. The zero-order valence-corrected chi connectivity index (χ0v) is 11.8. The second-order valence-electron chi connectivity index (χ2n) is 4.80. The number of hydrogen-bond donors (Lipinski definition) is 1. The Bertz CT molecular complexity index is 565. The van der Waals surface area contributed by atoms with Crippen LogP contribution in [0.4, 0.5) is 5.95 Å². The molecule has 0 saturated heterocycles. The summed E-state index contributed by atoms with van der Waals surface area (Å²) in [5, 5.41) is 0. The summed E-state index contributed by atoms with van der Waals surface area (Å²) in [5.41, 5.74) is 7.52. The van der Waals surface area contributed by atoms with Gasteiger partial charge in [-0.25, -0.2) is 4.98 Å². The average Bonchev–Trinajstić information content (AvgIpc) is 2.70. The Morgan fingerprint density at radius 1 is 1.26 bits per heavy atom. The standard InChI is InChI=1S/C13H20N4O2/c1-8(2)10(7-18-3)17-12-9(15-13(17)14)5-6-11(16-12)19-4/h5-6,8,10H,7H2,1-4H3,(H2,14,15). The molecule has 0 aliphatic heterocycles. The Morgan fingerprint density at radius 3 is 2.58 bits per heavy atom. The Kier molecular flexibility index (Phi) is 3.90. The fraction of sp³-hybridized carbons (Fsp3) is 0.538. The Hall–Kier alpha value is -1.82. The summed E-state index contributed by atoms with van der Waals surface area (Å²) in [6.45, 7) is 4.80. The third kappa shape index (κ3) is 2.49. The molecule has 0 amide bonds. The first-order valence-electron chi connectivity index (χ1n) is 6.25. The van der Waals surface area contributed by atoms with Gasteiger partial charge in [0.15, 0.2) is 5.65 Å². The molecule has 2 aromatic heterocycles. The normalized spacial score (nSPS) is 13.1. The van der Waals surface area contributed by atoms with Crippen molar-refractivity contribution in [2.45, 2.75) is 19.9 Å². The first-order valence-corrected chi connectivity index (χ1v) is 6.25. The lowest BCUT2D eigenvalue weighted by atomic mass is 10.1. The van der Waals surface area contributed by atoms with E-state index in [1.807, 2.05) is 10.6 Å². The highest BCUT2D eigenvalue weighted by Gasteiger charge is 2.22. The van der Waals surface area contributed by atoms with Crippen LogP contribution < -0.4 is 10.5 Å². The van der Waals surface area contributed by atoms with Crippen LogP contribution in [0.25, 0.3) is 11.2 Å². The van der Waals surface area contributed by atoms with Crippen molar-refractivity contribution in [2.75, 3.05) is 26.6 Å². The summed E-state index contributed by atoms with van der Waals surface area (Å²) < 4.78 is 12.4. The van der Waals surface area contributed by atoms with Crippen LogP contribution in [0.2, 0.25) is 0 Å². The molecule has 0 bridgehead atoms. The molecular formula is C13H20N4O2. The fourth-order valence-corrected chi connectivity index (χ4v) is 2.15. The molecular weight excluding hydrogens is 244 g/mol. The highest BCUT2D eigenvalue weighted by Crippen LogP contribution is 2.27. The van der Waals surface area contributed by atoms with Gasteiger partial charge in [-0.15, -0.1) is 0 Å². The van der Waals surface area contributed by atoms with Crippen LogP contribution in [-0.4, -0.2) is 35.4 Å². The lowest BCUT2D eigenvalue weighted by Gasteiger charge is -2.23. The molecule has 2 aromatic rings. The maximum Gasteiger partial charge on any atom is 0.215 e. The van der Waals surface area contributed by atoms with Crippen molar-refractivity contribution in [3.63, 3.8) is 0 Å². The topological polar surface area (TPSA) is 75.2 Å². The third-order valence-corrected chi connectivity index (χ3v) is 3.19. The first-order chi connectivity index (χ1) is 9.08. The molecule has 2 heterocycles. The number of nitrogen functional groups attached to an aromatic ring is 1. The fourth-order valence-electron chi connectivity index (χ4n) is 2.15. The Labute approximate surface area is 112 Å². The molecule has 0 spiro atoms. The molecule has 19 heavy (non-hydrogen) atoms. The van der Waals surface area contributed by atoms with Gasteiger partial charge in [-0.2, -0.15) is 4.98 Å². The monoisotopic (exact) mass is 264 g/mol. The van der Waals surface area contributed by atoms with Gasteiger partial charge in [0.1, 0.15) is 5.52 Å². The minimum atomic E-state index is 0.0922. The SMILES string of the molecule is COCC(C(C)C)n1c(N)nc2ccc(OC)nc21. The highest BCUT2D eigenvalue weighted by molar-refractivity contribution is 5.75. The van der Waals surface area contributed by atoms with Crippen molar-refractivity contribution in [1.29, 1.82) is 0 Å². The average molecular weight is 264 g/mol. The van der Waals surface area contributed by atoms with Gasteiger partial charge < -0.3 is 15.2 Å². The van der Waals surface area contributed by atoms with Gasteiger partial charge in [0.2, 0.25) is 11.8 Å². The number of nitrogens with zero attached hydrogens (tertiary/aromatic N) is 3. The third-order valence-electron chi connectivity index (χ3n) is 3.19. The van der Waals surface area contributed by atoms with E-state index < -0.39 is 0 Å². The van der Waals surface area contributed by atoms with Crippen LogP contribution in [0.1, 0.15) is 19.9 Å². The van der Waals surface area contributed by atoms with Crippen LogP contribution in [0.15, 0.2) is 12.1 Å². The molecule has 0 saturated carbocycles. The van der Waals surface area contributed by atoms with E-state index in [1.165, 1.54) is 0 Å². The van der Waals surface area contributed by atoms with Crippen LogP contribution in [-0.2, 0) is 4.74 Å². The minimum Gasteiger partial charge on any atom is -0.481 e. The number of aromatic nitrogens is 3. The first kappa shape index (κ1) is 13.6. The van der Waals surface area contributed by atoms with Crippen LogP contribution >= 0.6 is 0 Å². The zero-order valence-electron chi connectivity index (χ0n) is 11.8. The van der Waals surface area contributed by atoms with Gasteiger partial charge >= 0.3 is 0 Å². The molecule has 0 radical (unpaired) electrons. The Morgan fingerprint density at radius 2 is 2.00 bits per heavy atom. The molecule has 0 aliphatic carbocycles. The molecule has 6 nitrogen and oxygen atoms in total. The molecule has 1 unspecified atom stereocenters. The number of anilines is 1. The quantitative estimate of drug-likeness (QED) is 0.892. The van der Waals surface area contributed by atoms with E-state index >= 15 is 0 Å². The van der Waals surface area contributed by atoms with Crippen LogP contribution in [0.3, 0.4) is 0 Å². The smallest absolute Gasteiger partial charge is 0.215 e. The van der Waals surface area contributed by atoms with Gasteiger partial charge in [0.05, 0.1) is 19.8 Å². The van der Waals surface area contributed by atoms with Crippen LogP contribution in [0, 0.1) is 5.92 Å². The molecule has 2 N–H and O–H groups in total. The van der Waals surface area contributed by atoms with Crippen molar-refractivity contribution in [3.05, 3.63) is 12.1 Å². The summed E-state index contributed by atoms with van der Waals surface area (Å²) in [5.74, 6) is 1.35. The highest BCUT2D eigenvalue weighted by atomic mass is 16.5. The maximum atomic E-state index is 6.03. The number of ether oxygens (including phenoxy) is 2. The van der Waals surface area contributed by atoms with Gasteiger partial charge in [-0.1, -0.05) is 13.8 Å². The largest absolute Gasteiger partial charge is 0.481 e. The summed E-state index contributed by atoms with van der Waals surface area (Å²) in [7, 11) is 3.27. The summed E-state index contributed by atoms with van der Waals surface area (Å²) in [4.78, 5) is 8.78. The number of methoxy groups -OCH3 is 2. The summed E-state index contributed by atoms with van der Waals surface area (Å²) in [6, 6.07) is 3.73. The molecule has 2 rings (SSSR count). The number of nitrogens with two attached hydrogens (primary N) is 1. The number of hydrogen-bond acceptors (Lipinski definition) is 5. The van der Waals surface area contributed by atoms with E-state index in [0.717, 1.165) is 11.2 Å². The van der Waals surface area contributed by atoms with Crippen LogP contribution in [0.5, 0.6) is 5.88 Å². The second kappa shape index (κ2) is 5.44. The lowest BCUT2D eigenvalue weighted by Crippen LogP contribution is -2.22. The van der Waals surface area contributed by atoms with E-state index in [1.54, 1.807) is 20.3 Å². The van der Waals surface area contributed by atoms with Crippen molar-refractivity contribution in [2.24, 2.45) is 5.92 Å². The van der Waals surface area contributed by atoms with Gasteiger partial charge in [0.25, 0.3) is 0 Å². The van der Waals surface area contributed by atoms with Gasteiger partial charge in [-0.05, 0) is 12.0 Å². The molecule has 1 atom stereocenters. The van der Waals surface area contributed by atoms with E-state index in [0.29, 0.717) is 24.4 Å². The number of rotatable bonds is 5. The molecule has 6 heteroatoms. The molecule has 0 fully saturated rings. The predicted octanol–water partition coefficient (Wildman–Crippen LogP) is 1.87. The van der Waals surface area contributed by atoms with Crippen molar-refractivity contribution < 1.29 is 9.47 Å². The van der Waals surface area contributed by atoms with Gasteiger partial charge in [-0.3, -0.25) is 4.57 Å². The number of fused-ring (bicyclic) bond motifs is 1. The number of pyridine rings is 1. The van der Waals surface area contributed by atoms with E-state index in [-0.39, 0.29) is 6.04 Å². The van der Waals surface area contributed by atoms with E-state index in [2.05, 4.69) is 23.8 Å². The lowest BCUT2D eigenvalue weighted by molar-refractivity contribution is 0.136.